The number of nitrogens with zero attached hydrogens (tertiary/aromatic N) is 1. The molecule has 5 heteroatoms. The molecule has 2 rings (SSSR count). The summed E-state index contributed by atoms with van der Waals surface area (Å²) in [5, 5.41) is 0. The maximum atomic E-state index is 11.0. The van der Waals surface area contributed by atoms with Gasteiger partial charge in [-0.2, -0.15) is 0 Å². The molecule has 0 aromatic heterocycles. The zero-order valence-electron chi connectivity index (χ0n) is 9.11. The van der Waals surface area contributed by atoms with Crippen LogP contribution in [0, 0.1) is 0 Å². The molecule has 1 aliphatic rings. The van der Waals surface area contributed by atoms with Crippen LogP contribution in [0.3, 0.4) is 0 Å². The monoisotopic (exact) mass is 259 g/mol. The Morgan fingerprint density at radius 1 is 1.38 bits per heavy atom. The Balaban J connectivity index is 2.26. The van der Waals surface area contributed by atoms with Crippen LogP contribution in [0.4, 0.5) is 0 Å². The molecule has 0 bridgehead atoms. The van der Waals surface area contributed by atoms with Crippen LogP contribution in [-0.4, -0.2) is 26.9 Å². The molecular formula is C11H14ClNO2S. The Morgan fingerprint density at radius 3 is 2.81 bits per heavy atom. The molecule has 1 aliphatic heterocycles. The van der Waals surface area contributed by atoms with Crippen LogP contribution in [0.1, 0.15) is 16.7 Å². The van der Waals surface area contributed by atoms with Gasteiger partial charge in [0.15, 0.2) is 0 Å². The Morgan fingerprint density at radius 2 is 2.12 bits per heavy atom. The Kier molecular flexibility index (Phi) is 3.24. The van der Waals surface area contributed by atoms with Gasteiger partial charge in [0, 0.05) is 23.8 Å². The second-order valence-electron chi connectivity index (χ2n) is 4.27. The van der Waals surface area contributed by atoms with Crippen molar-refractivity contribution in [3.63, 3.8) is 0 Å². The molecule has 0 amide bonds. The van der Waals surface area contributed by atoms with E-state index in [-0.39, 0.29) is 5.75 Å². The van der Waals surface area contributed by atoms with Gasteiger partial charge in [0.1, 0.15) is 0 Å². The maximum Gasteiger partial charge on any atom is 0.236 e. The molecule has 0 spiro atoms. The van der Waals surface area contributed by atoms with Gasteiger partial charge in [0.2, 0.25) is 9.05 Å². The Bertz CT molecular complexity index is 499. The predicted molar refractivity (Wildman–Crippen MR) is 65.0 cm³/mol. The van der Waals surface area contributed by atoms with Crippen molar-refractivity contribution in [3.05, 3.63) is 34.9 Å². The zero-order valence-corrected chi connectivity index (χ0v) is 10.7. The lowest BCUT2D eigenvalue weighted by Crippen LogP contribution is -2.26. The Labute approximate surface area is 100 Å². The van der Waals surface area contributed by atoms with E-state index in [1.165, 1.54) is 11.1 Å². The van der Waals surface area contributed by atoms with Gasteiger partial charge in [0.05, 0.1) is 5.75 Å². The van der Waals surface area contributed by atoms with E-state index in [0.29, 0.717) is 0 Å². The van der Waals surface area contributed by atoms with E-state index < -0.39 is 9.05 Å². The van der Waals surface area contributed by atoms with Crippen molar-refractivity contribution in [2.24, 2.45) is 0 Å². The second-order valence-corrected chi connectivity index (χ2v) is 7.05. The third-order valence-corrected chi connectivity index (χ3v) is 3.82. The summed E-state index contributed by atoms with van der Waals surface area (Å²) in [4.78, 5) is 2.25. The van der Waals surface area contributed by atoms with Gasteiger partial charge in [-0.25, -0.2) is 8.42 Å². The maximum absolute atomic E-state index is 11.0. The number of likely N-dealkylation sites (N-methyl/N-ethyl adjacent to an activating group) is 1. The van der Waals surface area contributed by atoms with Crippen LogP contribution in [0.25, 0.3) is 0 Å². The van der Waals surface area contributed by atoms with Crippen LogP contribution in [0.2, 0.25) is 0 Å². The number of hydrogen-bond donors (Lipinski definition) is 0. The number of fused-ring (bicyclic) bond motifs is 1. The van der Waals surface area contributed by atoms with Crippen molar-refractivity contribution >= 4 is 19.7 Å². The van der Waals surface area contributed by atoms with Crippen LogP contribution >= 0.6 is 10.7 Å². The van der Waals surface area contributed by atoms with Gasteiger partial charge in [0.25, 0.3) is 0 Å². The smallest absolute Gasteiger partial charge is 0.236 e. The van der Waals surface area contributed by atoms with E-state index in [2.05, 4.69) is 11.9 Å². The van der Waals surface area contributed by atoms with E-state index in [1.807, 2.05) is 18.2 Å². The number of rotatable bonds is 2. The lowest BCUT2D eigenvalue weighted by atomic mass is 9.98. The van der Waals surface area contributed by atoms with Crippen molar-refractivity contribution in [1.29, 1.82) is 0 Å². The first-order valence-corrected chi connectivity index (χ1v) is 7.63. The SMILES string of the molecule is CN1CCc2cc(CS(=O)(=O)Cl)ccc2C1. The van der Waals surface area contributed by atoms with Crippen LogP contribution in [0.15, 0.2) is 18.2 Å². The highest BCUT2D eigenvalue weighted by atomic mass is 35.7. The summed E-state index contributed by atoms with van der Waals surface area (Å²) >= 11 is 0. The van der Waals surface area contributed by atoms with Gasteiger partial charge >= 0.3 is 0 Å². The first kappa shape index (κ1) is 11.9. The molecule has 0 saturated heterocycles. The van der Waals surface area contributed by atoms with Crippen LogP contribution in [-0.2, 0) is 27.8 Å². The summed E-state index contributed by atoms with van der Waals surface area (Å²) in [6, 6.07) is 5.81. The first-order chi connectivity index (χ1) is 7.44. The summed E-state index contributed by atoms with van der Waals surface area (Å²) in [5.41, 5.74) is 3.30. The molecule has 0 aliphatic carbocycles. The molecule has 0 N–H and O–H groups in total. The normalized spacial score (nSPS) is 17.1. The van der Waals surface area contributed by atoms with Crippen molar-refractivity contribution in [2.75, 3.05) is 13.6 Å². The minimum Gasteiger partial charge on any atom is -0.302 e. The highest BCUT2D eigenvalue weighted by Gasteiger charge is 2.14. The van der Waals surface area contributed by atoms with Gasteiger partial charge < -0.3 is 4.90 Å². The highest BCUT2D eigenvalue weighted by Crippen LogP contribution is 2.21. The van der Waals surface area contributed by atoms with E-state index in [4.69, 9.17) is 10.7 Å². The first-order valence-electron chi connectivity index (χ1n) is 5.15. The summed E-state index contributed by atoms with van der Waals surface area (Å²) in [6.07, 6.45) is 0.974. The fourth-order valence-corrected chi connectivity index (χ4v) is 2.99. The van der Waals surface area contributed by atoms with Gasteiger partial charge in [-0.3, -0.25) is 0 Å². The molecule has 1 aromatic carbocycles. The third kappa shape index (κ3) is 2.97. The quantitative estimate of drug-likeness (QED) is 0.760. The van der Waals surface area contributed by atoms with Crippen molar-refractivity contribution < 1.29 is 8.42 Å². The molecule has 0 fully saturated rings. The summed E-state index contributed by atoms with van der Waals surface area (Å²) in [5.74, 6) is -0.0856. The molecule has 16 heavy (non-hydrogen) atoms. The molecule has 0 unspecified atom stereocenters. The van der Waals surface area contributed by atoms with E-state index in [1.54, 1.807) is 0 Å². The fourth-order valence-electron chi connectivity index (χ4n) is 2.04. The fraction of sp³-hybridized carbons (Fsp3) is 0.455. The minimum atomic E-state index is -3.45. The zero-order chi connectivity index (χ0) is 11.8. The molecule has 0 radical (unpaired) electrons. The average Bonchev–Trinajstić information content (AvgIpc) is 2.16. The van der Waals surface area contributed by atoms with Gasteiger partial charge in [-0.15, -0.1) is 0 Å². The highest BCUT2D eigenvalue weighted by molar-refractivity contribution is 8.13. The van der Waals surface area contributed by atoms with Crippen LogP contribution < -0.4 is 0 Å². The standard InChI is InChI=1S/C11H14ClNO2S/c1-13-5-4-10-6-9(8-16(12,14)15)2-3-11(10)7-13/h2-3,6H,4-5,7-8H2,1H3. The lowest BCUT2D eigenvalue weighted by molar-refractivity contribution is 0.313. The molecule has 0 atom stereocenters. The summed E-state index contributed by atoms with van der Waals surface area (Å²) in [7, 11) is 3.87. The summed E-state index contributed by atoms with van der Waals surface area (Å²) < 4.78 is 22.0. The van der Waals surface area contributed by atoms with E-state index in [9.17, 15) is 8.42 Å². The second kappa shape index (κ2) is 4.35. The average molecular weight is 260 g/mol. The Hall–Kier alpha value is -0.580. The van der Waals surface area contributed by atoms with E-state index in [0.717, 1.165) is 25.1 Å². The van der Waals surface area contributed by atoms with Crippen LogP contribution in [0.5, 0.6) is 0 Å². The molecule has 3 nitrogen and oxygen atoms in total. The lowest BCUT2D eigenvalue weighted by Gasteiger charge is -2.25. The molecule has 1 heterocycles. The van der Waals surface area contributed by atoms with Gasteiger partial charge in [-0.05, 0) is 30.2 Å². The number of halogens is 1. The summed E-state index contributed by atoms with van der Waals surface area (Å²) in [6.45, 7) is 1.95. The number of benzene rings is 1. The topological polar surface area (TPSA) is 37.4 Å². The third-order valence-electron chi connectivity index (χ3n) is 2.81. The molecule has 1 aromatic rings. The molecular weight excluding hydrogens is 246 g/mol. The van der Waals surface area contributed by atoms with Crippen molar-refractivity contribution in [2.45, 2.75) is 18.7 Å². The largest absolute Gasteiger partial charge is 0.302 e. The predicted octanol–water partition coefficient (Wildman–Crippen LogP) is 1.74. The molecule has 88 valence electrons. The number of hydrogen-bond acceptors (Lipinski definition) is 3. The van der Waals surface area contributed by atoms with Crippen molar-refractivity contribution in [1.82, 2.24) is 4.90 Å². The van der Waals surface area contributed by atoms with Crippen molar-refractivity contribution in [3.8, 4) is 0 Å². The molecule has 0 saturated carbocycles. The van der Waals surface area contributed by atoms with E-state index >= 15 is 0 Å². The minimum absolute atomic E-state index is 0.0856. The van der Waals surface area contributed by atoms with Gasteiger partial charge in [-0.1, -0.05) is 18.2 Å².